The van der Waals surface area contributed by atoms with Gasteiger partial charge in [-0.1, -0.05) is 6.07 Å². The molecule has 1 aromatic rings. The number of hydrogen-bond donors (Lipinski definition) is 3. The molecule has 3 heterocycles. The number of nitrogens with one attached hydrogen (secondary N) is 3. The Morgan fingerprint density at radius 2 is 2.42 bits per heavy atom. The Hall–Kier alpha value is -2.67. The van der Waals surface area contributed by atoms with Crippen LogP contribution in [0.4, 0.5) is 0 Å². The Morgan fingerprint density at radius 3 is 3.25 bits per heavy atom. The summed E-state index contributed by atoms with van der Waals surface area (Å²) in [5.74, 6) is -0.0772. The largest absolute Gasteiger partial charge is 0.381 e. The molecule has 0 saturated carbocycles. The summed E-state index contributed by atoms with van der Waals surface area (Å²) in [6.07, 6.45) is 6.81. The van der Waals surface area contributed by atoms with Gasteiger partial charge in [0.1, 0.15) is 0 Å². The lowest BCUT2D eigenvalue weighted by Crippen LogP contribution is -2.41. The predicted octanol–water partition coefficient (Wildman–Crippen LogP) is 0.0189. The highest BCUT2D eigenvalue weighted by Gasteiger charge is 2.20. The molecule has 1 unspecified atom stereocenters. The average Bonchev–Trinajstić information content (AvgIpc) is 2.58. The quantitative estimate of drug-likeness (QED) is 0.664. The van der Waals surface area contributed by atoms with Crippen LogP contribution < -0.4 is 16.0 Å². The summed E-state index contributed by atoms with van der Waals surface area (Å²) in [4.78, 5) is 29.4. The lowest BCUT2D eigenvalue weighted by atomic mass is 10.1. The molecular formula is C17H21N5O2. The SMILES string of the molecule is CC1NC=C(NC(=O)CN2CCc3ncccc3C2)C=C1NC=O. The summed E-state index contributed by atoms with van der Waals surface area (Å²) < 4.78 is 0. The number of rotatable bonds is 5. The van der Waals surface area contributed by atoms with Crippen LogP contribution in [0.3, 0.4) is 0 Å². The van der Waals surface area contributed by atoms with E-state index in [-0.39, 0.29) is 11.9 Å². The summed E-state index contributed by atoms with van der Waals surface area (Å²) in [5.41, 5.74) is 3.67. The van der Waals surface area contributed by atoms with E-state index in [0.29, 0.717) is 18.7 Å². The van der Waals surface area contributed by atoms with Crippen molar-refractivity contribution in [2.24, 2.45) is 0 Å². The van der Waals surface area contributed by atoms with E-state index in [1.807, 2.05) is 19.2 Å². The average molecular weight is 327 g/mol. The molecule has 7 nitrogen and oxygen atoms in total. The van der Waals surface area contributed by atoms with E-state index in [4.69, 9.17) is 0 Å². The van der Waals surface area contributed by atoms with Crippen molar-refractivity contribution >= 4 is 12.3 Å². The van der Waals surface area contributed by atoms with Gasteiger partial charge in [-0.2, -0.15) is 0 Å². The van der Waals surface area contributed by atoms with Crippen molar-refractivity contribution in [3.05, 3.63) is 53.3 Å². The van der Waals surface area contributed by atoms with Crippen LogP contribution in [0.2, 0.25) is 0 Å². The van der Waals surface area contributed by atoms with Crippen molar-refractivity contribution in [3.63, 3.8) is 0 Å². The fourth-order valence-electron chi connectivity index (χ4n) is 2.91. The molecule has 0 aromatic carbocycles. The van der Waals surface area contributed by atoms with E-state index in [1.165, 1.54) is 5.56 Å². The molecule has 2 aliphatic rings. The van der Waals surface area contributed by atoms with Gasteiger partial charge in [0.15, 0.2) is 0 Å². The Kier molecular flexibility index (Phi) is 4.90. The summed E-state index contributed by atoms with van der Waals surface area (Å²) in [5, 5.41) is 8.61. The Balaban J connectivity index is 1.56. The van der Waals surface area contributed by atoms with Gasteiger partial charge in [-0.05, 0) is 24.6 Å². The fraction of sp³-hybridized carbons (Fsp3) is 0.353. The fourth-order valence-corrected chi connectivity index (χ4v) is 2.91. The van der Waals surface area contributed by atoms with Gasteiger partial charge in [-0.25, -0.2) is 0 Å². The molecule has 0 radical (unpaired) electrons. The van der Waals surface area contributed by atoms with Crippen LogP contribution in [-0.2, 0) is 22.6 Å². The van der Waals surface area contributed by atoms with Crippen molar-refractivity contribution in [2.45, 2.75) is 25.9 Å². The first-order chi connectivity index (χ1) is 11.7. The maximum absolute atomic E-state index is 12.3. The molecular weight excluding hydrogens is 306 g/mol. The van der Waals surface area contributed by atoms with Crippen LogP contribution in [0.5, 0.6) is 0 Å². The highest BCUT2D eigenvalue weighted by atomic mass is 16.2. The van der Waals surface area contributed by atoms with Crippen LogP contribution in [0.1, 0.15) is 18.2 Å². The molecule has 0 bridgehead atoms. The molecule has 126 valence electrons. The Bertz CT molecular complexity index is 698. The number of allylic oxidation sites excluding steroid dienone is 1. The molecule has 1 aromatic heterocycles. The topological polar surface area (TPSA) is 86.4 Å². The third kappa shape index (κ3) is 3.80. The first-order valence-corrected chi connectivity index (χ1v) is 7.98. The lowest BCUT2D eigenvalue weighted by Gasteiger charge is -2.27. The number of carbonyl (C=O) groups is 2. The maximum Gasteiger partial charge on any atom is 0.238 e. The normalized spacial score (nSPS) is 20.1. The summed E-state index contributed by atoms with van der Waals surface area (Å²) in [7, 11) is 0. The molecule has 1 atom stereocenters. The van der Waals surface area contributed by atoms with Crippen molar-refractivity contribution in [2.75, 3.05) is 13.1 Å². The number of aromatic nitrogens is 1. The summed E-state index contributed by atoms with van der Waals surface area (Å²) in [6.45, 7) is 3.81. The van der Waals surface area contributed by atoms with Gasteiger partial charge in [0.25, 0.3) is 0 Å². The molecule has 7 heteroatoms. The van der Waals surface area contributed by atoms with Gasteiger partial charge in [0, 0.05) is 43.3 Å². The van der Waals surface area contributed by atoms with E-state index in [2.05, 4.69) is 31.9 Å². The van der Waals surface area contributed by atoms with Gasteiger partial charge in [-0.3, -0.25) is 19.5 Å². The van der Waals surface area contributed by atoms with Gasteiger partial charge in [-0.15, -0.1) is 0 Å². The maximum atomic E-state index is 12.3. The zero-order valence-electron chi connectivity index (χ0n) is 13.6. The van der Waals surface area contributed by atoms with Crippen LogP contribution in [0, 0.1) is 0 Å². The molecule has 0 fully saturated rings. The molecule has 2 amide bonds. The minimum Gasteiger partial charge on any atom is -0.381 e. The van der Waals surface area contributed by atoms with Crippen molar-refractivity contribution in [1.29, 1.82) is 0 Å². The zero-order valence-corrected chi connectivity index (χ0v) is 13.6. The molecule has 0 saturated heterocycles. The monoisotopic (exact) mass is 327 g/mol. The van der Waals surface area contributed by atoms with E-state index in [0.717, 1.165) is 30.9 Å². The lowest BCUT2D eigenvalue weighted by molar-refractivity contribution is -0.121. The zero-order chi connectivity index (χ0) is 16.9. The minimum absolute atomic E-state index is 0.00180. The van der Waals surface area contributed by atoms with E-state index in [9.17, 15) is 9.59 Å². The smallest absolute Gasteiger partial charge is 0.238 e. The first-order valence-electron chi connectivity index (χ1n) is 7.98. The van der Waals surface area contributed by atoms with Gasteiger partial charge < -0.3 is 16.0 Å². The van der Waals surface area contributed by atoms with Crippen LogP contribution in [0.15, 0.2) is 42.0 Å². The highest BCUT2D eigenvalue weighted by molar-refractivity contribution is 5.80. The second kappa shape index (κ2) is 7.27. The Labute approximate surface area is 140 Å². The van der Waals surface area contributed by atoms with Gasteiger partial charge in [0.05, 0.1) is 18.3 Å². The Morgan fingerprint density at radius 1 is 1.54 bits per heavy atom. The number of dihydropyridines is 1. The van der Waals surface area contributed by atoms with Crippen LogP contribution in [-0.4, -0.2) is 41.3 Å². The molecule has 24 heavy (non-hydrogen) atoms. The standard InChI is InChI=1S/C17H21N5O2/c1-12-16(20-11-23)7-14(8-19-12)21-17(24)10-22-6-4-15-13(9-22)3-2-5-18-15/h2-3,5,7-8,11-12,19H,4,6,9-10H2,1H3,(H,20,23)(H,21,24). The van der Waals surface area contributed by atoms with Crippen LogP contribution in [0.25, 0.3) is 0 Å². The van der Waals surface area contributed by atoms with Gasteiger partial charge in [0.2, 0.25) is 12.3 Å². The number of nitrogens with zero attached hydrogens (tertiary/aromatic N) is 2. The van der Waals surface area contributed by atoms with E-state index in [1.54, 1.807) is 12.3 Å². The van der Waals surface area contributed by atoms with Gasteiger partial charge >= 0.3 is 0 Å². The molecule has 3 N–H and O–H groups in total. The highest BCUT2D eigenvalue weighted by Crippen LogP contribution is 2.16. The van der Waals surface area contributed by atoms with E-state index < -0.39 is 0 Å². The second-order valence-electron chi connectivity index (χ2n) is 5.97. The molecule has 0 aliphatic carbocycles. The van der Waals surface area contributed by atoms with Crippen molar-refractivity contribution < 1.29 is 9.59 Å². The number of hydrogen-bond acceptors (Lipinski definition) is 5. The van der Waals surface area contributed by atoms with Crippen molar-refractivity contribution in [1.82, 2.24) is 25.8 Å². The third-order valence-corrected chi connectivity index (χ3v) is 4.19. The first kappa shape index (κ1) is 16.2. The van der Waals surface area contributed by atoms with Crippen LogP contribution >= 0.6 is 0 Å². The van der Waals surface area contributed by atoms with E-state index >= 15 is 0 Å². The summed E-state index contributed by atoms with van der Waals surface area (Å²) >= 11 is 0. The predicted molar refractivity (Wildman–Crippen MR) is 89.3 cm³/mol. The molecule has 2 aliphatic heterocycles. The molecule has 3 rings (SSSR count). The third-order valence-electron chi connectivity index (χ3n) is 4.19. The number of carbonyl (C=O) groups excluding carboxylic acids is 2. The molecule has 0 spiro atoms. The van der Waals surface area contributed by atoms with Crippen molar-refractivity contribution in [3.8, 4) is 0 Å². The number of fused-ring (bicyclic) bond motifs is 1. The second-order valence-corrected chi connectivity index (χ2v) is 5.97. The number of pyridine rings is 1. The minimum atomic E-state index is -0.0772. The summed E-state index contributed by atoms with van der Waals surface area (Å²) in [6, 6.07) is 3.98. The number of amides is 2.